The Bertz CT molecular complexity index is 1020. The van der Waals surface area contributed by atoms with E-state index in [2.05, 4.69) is 22.0 Å². The van der Waals surface area contributed by atoms with E-state index in [1.165, 1.54) is 0 Å². The number of fused-ring (bicyclic) bond motifs is 1. The molecular formula is C26H32N2O6. The molecule has 0 aliphatic carbocycles. The second-order valence-electron chi connectivity index (χ2n) is 8.52. The van der Waals surface area contributed by atoms with Crippen molar-refractivity contribution in [3.63, 3.8) is 0 Å². The Hall–Kier alpha value is -3.04. The van der Waals surface area contributed by atoms with E-state index in [4.69, 9.17) is 14.6 Å². The van der Waals surface area contributed by atoms with E-state index in [9.17, 15) is 15.3 Å². The smallest absolute Gasteiger partial charge is 0.290 e. The van der Waals surface area contributed by atoms with Crippen LogP contribution < -0.4 is 4.74 Å². The van der Waals surface area contributed by atoms with Gasteiger partial charge in [0.1, 0.15) is 18.5 Å². The summed E-state index contributed by atoms with van der Waals surface area (Å²) in [5.41, 5.74) is 2.01. The van der Waals surface area contributed by atoms with E-state index in [-0.39, 0.29) is 38.1 Å². The highest BCUT2D eigenvalue weighted by atomic mass is 16.5. The van der Waals surface area contributed by atoms with E-state index in [1.807, 2.05) is 36.4 Å². The van der Waals surface area contributed by atoms with Crippen LogP contribution in [0.5, 0.6) is 5.75 Å². The third-order valence-corrected chi connectivity index (χ3v) is 5.98. The van der Waals surface area contributed by atoms with Crippen molar-refractivity contribution in [1.82, 2.24) is 9.88 Å². The predicted octanol–water partition coefficient (Wildman–Crippen LogP) is 2.27. The molecule has 4 rings (SSSR count). The summed E-state index contributed by atoms with van der Waals surface area (Å²) < 4.78 is 6.11. The summed E-state index contributed by atoms with van der Waals surface area (Å²) in [6.07, 6.45) is 3.68. The highest BCUT2D eigenvalue weighted by Crippen LogP contribution is 2.37. The van der Waals surface area contributed by atoms with Gasteiger partial charge < -0.3 is 25.2 Å². The van der Waals surface area contributed by atoms with Crippen molar-refractivity contribution in [2.24, 2.45) is 11.8 Å². The molecule has 1 aromatic heterocycles. The summed E-state index contributed by atoms with van der Waals surface area (Å²) in [5, 5.41) is 38.8. The summed E-state index contributed by atoms with van der Waals surface area (Å²) in [5.74, 6) is 1.000. The van der Waals surface area contributed by atoms with Crippen molar-refractivity contribution in [3.8, 4) is 16.9 Å². The monoisotopic (exact) mass is 468 g/mol. The van der Waals surface area contributed by atoms with E-state index in [0.29, 0.717) is 6.54 Å². The van der Waals surface area contributed by atoms with Gasteiger partial charge in [-0.15, -0.1) is 0 Å². The van der Waals surface area contributed by atoms with E-state index in [1.54, 1.807) is 12.4 Å². The SMILES string of the molecule is O=CO.OC[C@@H]1C[C@H](CO)CN(CC(O)COc2ccc3ccccc3c2-c2ccncc2)C1. The number of nitrogens with zero attached hydrogens (tertiary/aromatic N) is 2. The highest BCUT2D eigenvalue weighted by molar-refractivity contribution is 5.99. The molecule has 3 aromatic rings. The number of piperidine rings is 1. The molecule has 4 N–H and O–H groups in total. The number of ether oxygens (including phenoxy) is 1. The molecule has 8 nitrogen and oxygen atoms in total. The number of likely N-dealkylation sites (tertiary alicyclic amines) is 1. The molecular weight excluding hydrogens is 436 g/mol. The van der Waals surface area contributed by atoms with Crippen LogP contribution in [0.3, 0.4) is 0 Å². The molecule has 34 heavy (non-hydrogen) atoms. The van der Waals surface area contributed by atoms with Crippen LogP contribution in [-0.2, 0) is 4.79 Å². The van der Waals surface area contributed by atoms with Crippen LogP contribution in [0.25, 0.3) is 21.9 Å². The van der Waals surface area contributed by atoms with E-state index in [0.717, 1.165) is 47.2 Å². The fourth-order valence-electron chi connectivity index (χ4n) is 4.56. The molecule has 0 bridgehead atoms. The minimum absolute atomic E-state index is 0.103. The van der Waals surface area contributed by atoms with Crippen LogP contribution >= 0.6 is 0 Å². The number of benzene rings is 2. The summed E-state index contributed by atoms with van der Waals surface area (Å²) in [7, 11) is 0. The lowest BCUT2D eigenvalue weighted by atomic mass is 9.90. The first-order valence-corrected chi connectivity index (χ1v) is 11.3. The minimum Gasteiger partial charge on any atom is -0.490 e. The Labute approximate surface area is 199 Å². The lowest BCUT2D eigenvalue weighted by Crippen LogP contribution is -2.46. The van der Waals surface area contributed by atoms with Crippen molar-refractivity contribution in [2.75, 3.05) is 39.5 Å². The average molecular weight is 469 g/mol. The zero-order chi connectivity index (χ0) is 24.3. The number of pyridine rings is 1. The number of hydrogen-bond acceptors (Lipinski definition) is 7. The normalized spacial score (nSPS) is 19.1. The molecule has 0 spiro atoms. The maximum absolute atomic E-state index is 10.7. The second-order valence-corrected chi connectivity index (χ2v) is 8.52. The first-order chi connectivity index (χ1) is 16.6. The van der Waals surface area contributed by atoms with Crippen LogP contribution in [0.4, 0.5) is 0 Å². The molecule has 1 fully saturated rings. The van der Waals surface area contributed by atoms with Gasteiger partial charge in [0, 0.05) is 50.8 Å². The van der Waals surface area contributed by atoms with Gasteiger partial charge in [-0.2, -0.15) is 0 Å². The molecule has 0 amide bonds. The van der Waals surface area contributed by atoms with Crippen LogP contribution in [0.1, 0.15) is 6.42 Å². The highest BCUT2D eigenvalue weighted by Gasteiger charge is 2.27. The molecule has 8 heteroatoms. The van der Waals surface area contributed by atoms with E-state index >= 15 is 0 Å². The average Bonchev–Trinajstić information content (AvgIpc) is 2.87. The fourth-order valence-corrected chi connectivity index (χ4v) is 4.56. The zero-order valence-electron chi connectivity index (χ0n) is 19.0. The van der Waals surface area contributed by atoms with Gasteiger partial charge in [-0.1, -0.05) is 30.3 Å². The number of hydrogen-bond donors (Lipinski definition) is 4. The molecule has 3 atom stereocenters. The van der Waals surface area contributed by atoms with Gasteiger partial charge in [0.15, 0.2) is 0 Å². The molecule has 0 radical (unpaired) electrons. The van der Waals surface area contributed by atoms with Gasteiger partial charge in [-0.3, -0.25) is 14.7 Å². The number of aromatic nitrogens is 1. The number of carbonyl (C=O) groups is 1. The number of β-amino-alcohol motifs (C(OH)–C–C–N with tert-alkyl or cyclic N) is 1. The van der Waals surface area contributed by atoms with Gasteiger partial charge in [0.25, 0.3) is 6.47 Å². The molecule has 0 saturated carbocycles. The maximum Gasteiger partial charge on any atom is 0.290 e. The first-order valence-electron chi connectivity index (χ1n) is 11.3. The van der Waals surface area contributed by atoms with Crippen LogP contribution in [-0.4, -0.2) is 82.3 Å². The largest absolute Gasteiger partial charge is 0.490 e. The van der Waals surface area contributed by atoms with Gasteiger partial charge in [-0.05, 0) is 52.8 Å². The van der Waals surface area contributed by atoms with Crippen molar-refractivity contribution in [1.29, 1.82) is 0 Å². The number of carboxylic acid groups (broad SMARTS) is 1. The quantitative estimate of drug-likeness (QED) is 0.371. The van der Waals surface area contributed by atoms with Crippen molar-refractivity contribution in [3.05, 3.63) is 60.9 Å². The number of rotatable bonds is 8. The molecule has 2 aromatic carbocycles. The molecule has 1 unspecified atom stereocenters. The van der Waals surface area contributed by atoms with Gasteiger partial charge in [0.2, 0.25) is 0 Å². The van der Waals surface area contributed by atoms with Gasteiger partial charge >= 0.3 is 0 Å². The maximum atomic E-state index is 10.7. The number of aliphatic hydroxyl groups excluding tert-OH is 3. The standard InChI is InChI=1S/C25H30N2O4.CH2O2/c28-15-18-11-19(16-29)13-27(12-18)14-22(30)17-31-24-6-5-20-3-1-2-4-23(20)25(24)21-7-9-26-10-8-21;2-1-3/h1-10,18-19,22,28-30H,11-17H2;1H,(H,2,3)/t18-,19+,22?;. The zero-order valence-corrected chi connectivity index (χ0v) is 19.0. The molecule has 1 aliphatic heterocycles. The Kier molecular flexibility index (Phi) is 9.78. The molecule has 1 aliphatic rings. The topological polar surface area (TPSA) is 123 Å². The predicted molar refractivity (Wildman–Crippen MR) is 130 cm³/mol. The van der Waals surface area contributed by atoms with Crippen molar-refractivity contribution in [2.45, 2.75) is 12.5 Å². The summed E-state index contributed by atoms with van der Waals surface area (Å²) >= 11 is 0. The van der Waals surface area contributed by atoms with Crippen molar-refractivity contribution >= 4 is 17.2 Å². The Morgan fingerprint density at radius 3 is 2.32 bits per heavy atom. The molecule has 2 heterocycles. The second kappa shape index (κ2) is 13.0. The fraction of sp³-hybridized carbons (Fsp3) is 0.385. The Balaban J connectivity index is 0.00000103. The first kappa shape index (κ1) is 25.6. The Morgan fingerprint density at radius 1 is 1.03 bits per heavy atom. The van der Waals surface area contributed by atoms with Crippen LogP contribution in [0.2, 0.25) is 0 Å². The summed E-state index contributed by atoms with van der Waals surface area (Å²) in [4.78, 5) is 14.6. The summed E-state index contributed by atoms with van der Waals surface area (Å²) in [6.45, 7) is 2.02. The van der Waals surface area contributed by atoms with Gasteiger partial charge in [0.05, 0.1) is 0 Å². The lowest BCUT2D eigenvalue weighted by molar-refractivity contribution is -0.122. The third-order valence-electron chi connectivity index (χ3n) is 5.98. The lowest BCUT2D eigenvalue weighted by Gasteiger charge is -2.37. The molecule has 1 saturated heterocycles. The third kappa shape index (κ3) is 6.74. The van der Waals surface area contributed by atoms with Crippen molar-refractivity contribution < 1.29 is 30.0 Å². The summed E-state index contributed by atoms with van der Waals surface area (Å²) in [6, 6.07) is 16.1. The molecule has 182 valence electrons. The minimum atomic E-state index is -0.673. The van der Waals surface area contributed by atoms with E-state index < -0.39 is 6.10 Å². The number of aliphatic hydroxyl groups is 3. The van der Waals surface area contributed by atoms with Crippen LogP contribution in [0, 0.1) is 11.8 Å². The van der Waals surface area contributed by atoms with Gasteiger partial charge in [-0.25, -0.2) is 0 Å². The Morgan fingerprint density at radius 2 is 1.68 bits per heavy atom. The van der Waals surface area contributed by atoms with Crippen LogP contribution in [0.15, 0.2) is 60.9 Å².